The highest BCUT2D eigenvalue weighted by atomic mass is 16.2. The lowest BCUT2D eigenvalue weighted by Crippen LogP contribution is -2.69. The minimum atomic E-state index is -0.0738. The molecule has 2 heterocycles. The number of carbonyl (C=O) groups is 1. The predicted molar refractivity (Wildman–Crippen MR) is 42.2 cm³/mol. The number of hydrogen-bond donors (Lipinski definition) is 1. The molecule has 0 aromatic rings. The van der Waals surface area contributed by atoms with Gasteiger partial charge in [-0.15, -0.1) is 0 Å². The quantitative estimate of drug-likeness (QED) is 0.532. The van der Waals surface area contributed by atoms with E-state index < -0.39 is 0 Å². The van der Waals surface area contributed by atoms with Gasteiger partial charge in [0.15, 0.2) is 0 Å². The van der Waals surface area contributed by atoms with E-state index in [0.29, 0.717) is 11.9 Å². The van der Waals surface area contributed by atoms with Crippen LogP contribution in [0.3, 0.4) is 0 Å². The van der Waals surface area contributed by atoms with Crippen molar-refractivity contribution < 1.29 is 4.79 Å². The molecule has 2 rings (SSSR count). The second-order valence-corrected chi connectivity index (χ2v) is 4.13. The molecule has 0 saturated carbocycles. The molecule has 0 bridgehead atoms. The van der Waals surface area contributed by atoms with Crippen molar-refractivity contribution >= 4 is 5.91 Å². The first-order valence-electron chi connectivity index (χ1n) is 4.13. The van der Waals surface area contributed by atoms with Crippen LogP contribution in [0.25, 0.3) is 0 Å². The second kappa shape index (κ2) is 1.97. The number of nitrogens with zero attached hydrogens (tertiary/aromatic N) is 1. The van der Waals surface area contributed by atoms with Gasteiger partial charge in [-0.1, -0.05) is 0 Å². The minimum Gasteiger partial charge on any atom is -0.336 e. The highest BCUT2D eigenvalue weighted by molar-refractivity contribution is 5.88. The van der Waals surface area contributed by atoms with E-state index in [1.807, 2.05) is 18.7 Å². The van der Waals surface area contributed by atoms with E-state index in [0.717, 1.165) is 19.6 Å². The zero-order valence-electron chi connectivity index (χ0n) is 7.05. The number of likely N-dealkylation sites (tertiary alicyclic amines) is 1. The molecule has 2 aliphatic heterocycles. The summed E-state index contributed by atoms with van der Waals surface area (Å²) >= 11 is 0. The van der Waals surface area contributed by atoms with Crippen LogP contribution in [0.1, 0.15) is 13.8 Å². The highest BCUT2D eigenvalue weighted by Crippen LogP contribution is 2.32. The van der Waals surface area contributed by atoms with Gasteiger partial charge < -0.3 is 10.2 Å². The van der Waals surface area contributed by atoms with Crippen molar-refractivity contribution in [1.29, 1.82) is 0 Å². The molecule has 1 N–H and O–H groups in total. The summed E-state index contributed by atoms with van der Waals surface area (Å²) in [6.45, 7) is 6.94. The van der Waals surface area contributed by atoms with E-state index >= 15 is 0 Å². The Labute approximate surface area is 66.8 Å². The number of hydrogen-bond acceptors (Lipinski definition) is 2. The van der Waals surface area contributed by atoms with Gasteiger partial charge in [0, 0.05) is 19.6 Å². The SMILES string of the molecule is CC1(C)CN(C2CNC2)C1=O. The van der Waals surface area contributed by atoms with Crippen molar-refractivity contribution in [2.45, 2.75) is 19.9 Å². The Balaban J connectivity index is 1.96. The Kier molecular flexibility index (Phi) is 1.27. The van der Waals surface area contributed by atoms with Crippen molar-refractivity contribution in [1.82, 2.24) is 10.2 Å². The third kappa shape index (κ3) is 0.872. The van der Waals surface area contributed by atoms with Crippen molar-refractivity contribution in [3.63, 3.8) is 0 Å². The van der Waals surface area contributed by atoms with Crippen molar-refractivity contribution in [2.24, 2.45) is 5.41 Å². The molecule has 3 nitrogen and oxygen atoms in total. The van der Waals surface area contributed by atoms with E-state index in [4.69, 9.17) is 0 Å². The van der Waals surface area contributed by atoms with Crippen molar-refractivity contribution in [3.8, 4) is 0 Å². The largest absolute Gasteiger partial charge is 0.336 e. The molecule has 0 aliphatic carbocycles. The van der Waals surface area contributed by atoms with Gasteiger partial charge in [0.25, 0.3) is 0 Å². The Morgan fingerprint density at radius 1 is 1.55 bits per heavy atom. The molecule has 2 saturated heterocycles. The summed E-state index contributed by atoms with van der Waals surface area (Å²) in [4.78, 5) is 13.4. The van der Waals surface area contributed by atoms with Gasteiger partial charge in [0.05, 0.1) is 11.5 Å². The number of nitrogens with one attached hydrogen (secondary N) is 1. The fourth-order valence-electron chi connectivity index (χ4n) is 1.65. The van der Waals surface area contributed by atoms with Crippen LogP contribution in [0.2, 0.25) is 0 Å². The average Bonchev–Trinajstić information content (AvgIpc) is 1.82. The summed E-state index contributed by atoms with van der Waals surface area (Å²) in [5.74, 6) is 0.323. The molecule has 3 heteroatoms. The van der Waals surface area contributed by atoms with E-state index in [2.05, 4.69) is 5.32 Å². The third-order valence-electron chi connectivity index (χ3n) is 2.61. The Morgan fingerprint density at radius 2 is 2.18 bits per heavy atom. The molecule has 62 valence electrons. The number of rotatable bonds is 1. The van der Waals surface area contributed by atoms with Crippen LogP contribution >= 0.6 is 0 Å². The Bertz CT molecular complexity index is 196. The van der Waals surface area contributed by atoms with E-state index in [1.165, 1.54) is 0 Å². The first-order valence-corrected chi connectivity index (χ1v) is 4.13. The van der Waals surface area contributed by atoms with Crippen LogP contribution in [-0.2, 0) is 4.79 Å². The standard InChI is InChI=1S/C8H14N2O/c1-8(2)5-10(7(8)11)6-3-9-4-6/h6,9H,3-5H2,1-2H3. The average molecular weight is 154 g/mol. The molecule has 1 amide bonds. The minimum absolute atomic E-state index is 0.0738. The highest BCUT2D eigenvalue weighted by Gasteiger charge is 2.48. The molecule has 0 aromatic carbocycles. The van der Waals surface area contributed by atoms with Crippen LogP contribution in [0.5, 0.6) is 0 Å². The van der Waals surface area contributed by atoms with Gasteiger partial charge in [0.2, 0.25) is 5.91 Å². The normalized spacial score (nSPS) is 29.6. The molecule has 2 aliphatic rings. The van der Waals surface area contributed by atoms with Crippen molar-refractivity contribution in [3.05, 3.63) is 0 Å². The smallest absolute Gasteiger partial charge is 0.230 e. The number of carbonyl (C=O) groups excluding carboxylic acids is 1. The maximum absolute atomic E-state index is 11.4. The van der Waals surface area contributed by atoms with Gasteiger partial charge >= 0.3 is 0 Å². The maximum atomic E-state index is 11.4. The number of β-lactam (4-membered cyclic amide) rings is 1. The first-order chi connectivity index (χ1) is 5.11. The fraction of sp³-hybridized carbons (Fsp3) is 0.875. The van der Waals surface area contributed by atoms with Gasteiger partial charge in [-0.2, -0.15) is 0 Å². The van der Waals surface area contributed by atoms with Crippen LogP contribution in [0.15, 0.2) is 0 Å². The molecule has 0 atom stereocenters. The molecule has 2 fully saturated rings. The second-order valence-electron chi connectivity index (χ2n) is 4.13. The van der Waals surface area contributed by atoms with Crippen LogP contribution in [0, 0.1) is 5.41 Å². The summed E-state index contributed by atoms with van der Waals surface area (Å²) in [5.41, 5.74) is -0.0738. The zero-order chi connectivity index (χ0) is 8.06. The summed E-state index contributed by atoms with van der Waals surface area (Å²) in [5, 5.41) is 3.16. The number of amides is 1. The zero-order valence-corrected chi connectivity index (χ0v) is 7.05. The van der Waals surface area contributed by atoms with Gasteiger partial charge in [-0.3, -0.25) is 4.79 Å². The van der Waals surface area contributed by atoms with E-state index in [-0.39, 0.29) is 5.41 Å². The Morgan fingerprint density at radius 3 is 2.45 bits per heavy atom. The molecule has 0 aromatic heterocycles. The summed E-state index contributed by atoms with van der Waals surface area (Å²) in [7, 11) is 0. The maximum Gasteiger partial charge on any atom is 0.230 e. The monoisotopic (exact) mass is 154 g/mol. The van der Waals surface area contributed by atoms with Crippen molar-refractivity contribution in [2.75, 3.05) is 19.6 Å². The predicted octanol–water partition coefficient (Wildman–Crippen LogP) is -0.173. The van der Waals surface area contributed by atoms with Gasteiger partial charge in [-0.05, 0) is 13.8 Å². The Hall–Kier alpha value is -0.570. The third-order valence-corrected chi connectivity index (χ3v) is 2.61. The molecule has 0 unspecified atom stereocenters. The molecular formula is C8H14N2O. The lowest BCUT2D eigenvalue weighted by molar-refractivity contribution is -0.162. The molecular weight excluding hydrogens is 140 g/mol. The lowest BCUT2D eigenvalue weighted by atomic mass is 9.81. The van der Waals surface area contributed by atoms with Crippen LogP contribution in [0.4, 0.5) is 0 Å². The lowest BCUT2D eigenvalue weighted by Gasteiger charge is -2.51. The van der Waals surface area contributed by atoms with Crippen LogP contribution < -0.4 is 5.32 Å². The fourth-order valence-corrected chi connectivity index (χ4v) is 1.65. The van der Waals surface area contributed by atoms with Gasteiger partial charge in [0.1, 0.15) is 0 Å². The van der Waals surface area contributed by atoms with Crippen LogP contribution in [-0.4, -0.2) is 36.5 Å². The summed E-state index contributed by atoms with van der Waals surface area (Å²) < 4.78 is 0. The molecule has 0 radical (unpaired) electrons. The summed E-state index contributed by atoms with van der Waals surface area (Å²) in [6, 6.07) is 0.496. The summed E-state index contributed by atoms with van der Waals surface area (Å²) in [6.07, 6.45) is 0. The topological polar surface area (TPSA) is 32.3 Å². The molecule has 0 spiro atoms. The molecule has 11 heavy (non-hydrogen) atoms. The van der Waals surface area contributed by atoms with Gasteiger partial charge in [-0.25, -0.2) is 0 Å². The van der Waals surface area contributed by atoms with E-state index in [9.17, 15) is 4.79 Å². The van der Waals surface area contributed by atoms with E-state index in [1.54, 1.807) is 0 Å². The first kappa shape index (κ1) is 7.10.